The predicted molar refractivity (Wildman–Crippen MR) is 117 cm³/mol. The molecular formula is C21H29N7O2. The summed E-state index contributed by atoms with van der Waals surface area (Å²) in [4.78, 5) is 21.3. The summed E-state index contributed by atoms with van der Waals surface area (Å²) < 4.78 is 7.51. The topological polar surface area (TPSA) is 86.2 Å². The van der Waals surface area contributed by atoms with Crippen molar-refractivity contribution in [3.05, 3.63) is 53.9 Å². The largest absolute Gasteiger partial charge is 0.378 e. The van der Waals surface area contributed by atoms with Crippen LogP contribution >= 0.6 is 0 Å². The number of rotatable bonds is 5. The third-order valence-electron chi connectivity index (χ3n) is 5.13. The molecule has 0 radical (unpaired) electrons. The van der Waals surface area contributed by atoms with Gasteiger partial charge >= 0.3 is 6.03 Å². The number of morpholine rings is 1. The highest BCUT2D eigenvalue weighted by Gasteiger charge is 2.26. The quantitative estimate of drug-likeness (QED) is 0.694. The van der Waals surface area contributed by atoms with Gasteiger partial charge in [0.2, 0.25) is 0 Å². The number of hydrogen-bond donors (Lipinski definition) is 3. The lowest BCUT2D eigenvalue weighted by Gasteiger charge is -2.34. The molecule has 4 rings (SSSR count). The molecule has 1 aromatic carbocycles. The number of amides is 2. The van der Waals surface area contributed by atoms with Crippen LogP contribution < -0.4 is 16.1 Å². The average molecular weight is 412 g/mol. The standard InChI is InChI=1S/C21H29N7O2/c1-26(2)11-9-22-21(29)23-17-7-5-16(6-8-17)19-24-20(27-12-14-30-15-13-27)18-4-3-10-28(18)25-19/h3-8,10,19,25H,9,11-15H2,1-2H3,(H2,22,23,29). The van der Waals surface area contributed by atoms with Gasteiger partial charge in [-0.3, -0.25) is 10.1 Å². The zero-order valence-corrected chi connectivity index (χ0v) is 17.5. The molecule has 1 aromatic heterocycles. The molecule has 2 aromatic rings. The Bertz CT molecular complexity index is 885. The molecule has 2 aliphatic heterocycles. The van der Waals surface area contributed by atoms with Crippen LogP contribution in [0.5, 0.6) is 0 Å². The van der Waals surface area contributed by atoms with Gasteiger partial charge in [-0.2, -0.15) is 0 Å². The van der Waals surface area contributed by atoms with E-state index in [0.717, 1.165) is 55.6 Å². The maximum absolute atomic E-state index is 12.0. The van der Waals surface area contributed by atoms with Gasteiger partial charge in [-0.15, -0.1) is 0 Å². The predicted octanol–water partition coefficient (Wildman–Crippen LogP) is 1.51. The number of anilines is 1. The van der Waals surface area contributed by atoms with E-state index in [1.54, 1.807) is 0 Å². The fraction of sp³-hybridized carbons (Fsp3) is 0.429. The minimum Gasteiger partial charge on any atom is -0.378 e. The molecule has 3 heterocycles. The van der Waals surface area contributed by atoms with E-state index in [4.69, 9.17) is 9.73 Å². The van der Waals surface area contributed by atoms with Crippen molar-refractivity contribution in [2.75, 3.05) is 64.2 Å². The van der Waals surface area contributed by atoms with Crippen LogP contribution in [0.25, 0.3) is 0 Å². The number of aliphatic imine (C=N–C) groups is 1. The van der Waals surface area contributed by atoms with Gasteiger partial charge in [-0.1, -0.05) is 12.1 Å². The highest BCUT2D eigenvalue weighted by Crippen LogP contribution is 2.25. The number of carbonyl (C=O) groups excluding carboxylic acids is 1. The molecule has 1 unspecified atom stereocenters. The van der Waals surface area contributed by atoms with Gasteiger partial charge in [0.1, 0.15) is 5.69 Å². The van der Waals surface area contributed by atoms with Crippen LogP contribution in [0, 0.1) is 0 Å². The summed E-state index contributed by atoms with van der Waals surface area (Å²) in [6.07, 6.45) is 1.80. The molecule has 1 saturated heterocycles. The number of fused-ring (bicyclic) bond motifs is 1. The third kappa shape index (κ3) is 4.74. The molecule has 160 valence electrons. The number of nitrogens with one attached hydrogen (secondary N) is 3. The molecule has 1 fully saturated rings. The molecule has 0 bridgehead atoms. The van der Waals surface area contributed by atoms with Gasteiger partial charge in [-0.05, 0) is 43.9 Å². The lowest BCUT2D eigenvalue weighted by atomic mass is 10.1. The van der Waals surface area contributed by atoms with Crippen molar-refractivity contribution >= 4 is 17.6 Å². The Hall–Kier alpha value is -3.04. The Morgan fingerprint density at radius 3 is 2.73 bits per heavy atom. The van der Waals surface area contributed by atoms with E-state index >= 15 is 0 Å². The minimum absolute atomic E-state index is 0.203. The Kier molecular flexibility index (Phi) is 6.20. The van der Waals surface area contributed by atoms with Gasteiger partial charge in [0.15, 0.2) is 12.0 Å². The molecule has 0 spiro atoms. The number of carbonyl (C=O) groups is 1. The van der Waals surface area contributed by atoms with Crippen LogP contribution in [0.2, 0.25) is 0 Å². The number of amidine groups is 1. The smallest absolute Gasteiger partial charge is 0.319 e. The van der Waals surface area contributed by atoms with E-state index in [-0.39, 0.29) is 12.2 Å². The van der Waals surface area contributed by atoms with Crippen LogP contribution in [-0.4, -0.2) is 79.8 Å². The monoisotopic (exact) mass is 411 g/mol. The Morgan fingerprint density at radius 2 is 2.00 bits per heavy atom. The molecular weight excluding hydrogens is 382 g/mol. The van der Waals surface area contributed by atoms with Crippen molar-refractivity contribution in [1.82, 2.24) is 19.8 Å². The molecule has 1 atom stereocenters. The zero-order chi connectivity index (χ0) is 20.9. The summed E-state index contributed by atoms with van der Waals surface area (Å²) in [7, 11) is 3.95. The third-order valence-corrected chi connectivity index (χ3v) is 5.13. The number of aromatic nitrogens is 1. The van der Waals surface area contributed by atoms with Gasteiger partial charge in [0.25, 0.3) is 0 Å². The zero-order valence-electron chi connectivity index (χ0n) is 17.5. The van der Waals surface area contributed by atoms with Crippen LogP contribution in [0.3, 0.4) is 0 Å². The van der Waals surface area contributed by atoms with E-state index in [9.17, 15) is 4.79 Å². The normalized spacial score (nSPS) is 18.4. The van der Waals surface area contributed by atoms with Crippen LogP contribution in [0.1, 0.15) is 17.4 Å². The van der Waals surface area contributed by atoms with Gasteiger partial charge < -0.3 is 25.2 Å². The number of nitrogens with zero attached hydrogens (tertiary/aromatic N) is 4. The fourth-order valence-electron chi connectivity index (χ4n) is 3.51. The maximum Gasteiger partial charge on any atom is 0.319 e. The van der Waals surface area contributed by atoms with E-state index in [1.807, 2.05) is 60.2 Å². The summed E-state index contributed by atoms with van der Waals surface area (Å²) >= 11 is 0. The van der Waals surface area contributed by atoms with Crippen molar-refractivity contribution in [1.29, 1.82) is 0 Å². The van der Waals surface area contributed by atoms with Crippen LogP contribution in [0.15, 0.2) is 47.6 Å². The maximum atomic E-state index is 12.0. The second kappa shape index (κ2) is 9.19. The van der Waals surface area contributed by atoms with E-state index in [0.29, 0.717) is 6.54 Å². The molecule has 9 heteroatoms. The van der Waals surface area contributed by atoms with E-state index in [1.165, 1.54) is 0 Å². The molecule has 0 aliphatic carbocycles. The first kappa shape index (κ1) is 20.2. The average Bonchev–Trinajstić information content (AvgIpc) is 3.23. The first-order valence-electron chi connectivity index (χ1n) is 10.2. The Morgan fingerprint density at radius 1 is 1.23 bits per heavy atom. The first-order valence-corrected chi connectivity index (χ1v) is 10.2. The van der Waals surface area contributed by atoms with Gasteiger partial charge in [0, 0.05) is 38.1 Å². The minimum atomic E-state index is -0.204. The molecule has 9 nitrogen and oxygen atoms in total. The number of likely N-dealkylation sites (N-methyl/N-ethyl adjacent to an activating group) is 1. The fourth-order valence-corrected chi connectivity index (χ4v) is 3.51. The SMILES string of the molecule is CN(C)CCNC(=O)Nc1ccc(C2N=C(N3CCOCC3)c3cccn3N2)cc1. The van der Waals surface area contributed by atoms with Gasteiger partial charge in [0.05, 0.1) is 13.2 Å². The summed E-state index contributed by atoms with van der Waals surface area (Å²) in [6, 6.07) is 11.7. The van der Waals surface area contributed by atoms with Crippen molar-refractivity contribution in [3.8, 4) is 0 Å². The summed E-state index contributed by atoms with van der Waals surface area (Å²) in [6.45, 7) is 4.50. The second-order valence-electron chi connectivity index (χ2n) is 7.65. The molecule has 0 saturated carbocycles. The first-order chi connectivity index (χ1) is 14.6. The number of ether oxygens (including phenoxy) is 1. The number of benzene rings is 1. The van der Waals surface area contributed by atoms with Gasteiger partial charge in [-0.25, -0.2) is 9.79 Å². The van der Waals surface area contributed by atoms with Crippen molar-refractivity contribution in [3.63, 3.8) is 0 Å². The van der Waals surface area contributed by atoms with Crippen LogP contribution in [0.4, 0.5) is 10.5 Å². The molecule has 3 N–H and O–H groups in total. The second-order valence-corrected chi connectivity index (χ2v) is 7.65. The van der Waals surface area contributed by atoms with E-state index < -0.39 is 0 Å². The number of hydrogen-bond acceptors (Lipinski definition) is 6. The summed E-state index contributed by atoms with van der Waals surface area (Å²) in [5.41, 5.74) is 6.26. The molecule has 2 aliphatic rings. The lowest BCUT2D eigenvalue weighted by Crippen LogP contribution is -2.45. The van der Waals surface area contributed by atoms with Crippen molar-refractivity contribution < 1.29 is 9.53 Å². The highest BCUT2D eigenvalue weighted by molar-refractivity contribution is 5.98. The molecule has 30 heavy (non-hydrogen) atoms. The highest BCUT2D eigenvalue weighted by atomic mass is 16.5. The lowest BCUT2D eigenvalue weighted by molar-refractivity contribution is 0.0677. The van der Waals surface area contributed by atoms with Crippen LogP contribution in [-0.2, 0) is 4.74 Å². The summed E-state index contributed by atoms with van der Waals surface area (Å²) in [5, 5.41) is 5.71. The molecule has 2 amide bonds. The van der Waals surface area contributed by atoms with Crippen molar-refractivity contribution in [2.45, 2.75) is 6.17 Å². The van der Waals surface area contributed by atoms with Crippen molar-refractivity contribution in [2.24, 2.45) is 4.99 Å². The summed E-state index contributed by atoms with van der Waals surface area (Å²) in [5.74, 6) is 0.981. The number of urea groups is 1. The Labute approximate surface area is 176 Å². The van der Waals surface area contributed by atoms with E-state index in [2.05, 4.69) is 27.0 Å². The Balaban J connectivity index is 1.44.